The highest BCUT2D eigenvalue weighted by molar-refractivity contribution is 6.31. The largest absolute Gasteiger partial charge is 0.478 e. The summed E-state index contributed by atoms with van der Waals surface area (Å²) in [5, 5.41) is 18.5. The molecule has 0 radical (unpaired) electrons. The van der Waals surface area contributed by atoms with Crippen molar-refractivity contribution in [2.45, 2.75) is 26.4 Å². The molecule has 4 aromatic rings. The second kappa shape index (κ2) is 10.9. The van der Waals surface area contributed by atoms with Crippen molar-refractivity contribution in [3.05, 3.63) is 115 Å². The van der Waals surface area contributed by atoms with E-state index in [-0.39, 0.29) is 16.9 Å². The Morgan fingerprint density at radius 2 is 1.68 bits per heavy atom. The summed E-state index contributed by atoms with van der Waals surface area (Å²) < 4.78 is 0. The third-order valence-electron chi connectivity index (χ3n) is 6.13. The van der Waals surface area contributed by atoms with Crippen LogP contribution in [0.4, 0.5) is 17.1 Å². The molecule has 0 spiro atoms. The van der Waals surface area contributed by atoms with Crippen molar-refractivity contribution in [2.75, 3.05) is 10.6 Å². The Morgan fingerprint density at radius 3 is 2.32 bits per heavy atom. The van der Waals surface area contributed by atoms with E-state index in [9.17, 15) is 24.3 Å². The fraction of sp³-hybridized carbons (Fsp3) is 0.179. The number of carboxylic acid groups (broad SMARTS) is 1. The van der Waals surface area contributed by atoms with Gasteiger partial charge in [-0.3, -0.25) is 19.4 Å². The summed E-state index contributed by atoms with van der Waals surface area (Å²) in [6.07, 6.45) is 2.69. The maximum atomic E-state index is 13.2. The van der Waals surface area contributed by atoms with Crippen LogP contribution in [-0.4, -0.2) is 28.1 Å². The van der Waals surface area contributed by atoms with Gasteiger partial charge in [0.15, 0.2) is 0 Å². The molecule has 4 N–H and O–H groups in total. The van der Waals surface area contributed by atoms with E-state index < -0.39 is 34.3 Å². The van der Waals surface area contributed by atoms with Crippen LogP contribution in [0.5, 0.6) is 0 Å². The zero-order chi connectivity index (χ0) is 27.4. The molecule has 194 valence electrons. The molecular formula is C28H25ClN4O5. The van der Waals surface area contributed by atoms with Crippen molar-refractivity contribution >= 4 is 40.5 Å². The van der Waals surface area contributed by atoms with Crippen molar-refractivity contribution in [3.63, 3.8) is 0 Å². The average Bonchev–Trinajstić information content (AvgIpc) is 2.90. The predicted molar refractivity (Wildman–Crippen MR) is 146 cm³/mol. The first kappa shape index (κ1) is 26.6. The van der Waals surface area contributed by atoms with Crippen LogP contribution in [0.15, 0.2) is 82.6 Å². The highest BCUT2D eigenvalue weighted by Gasteiger charge is 2.34. The number of hydrogen-bond donors (Lipinski definition) is 4. The molecule has 1 heterocycles. The highest BCUT2D eigenvalue weighted by atomic mass is 35.5. The van der Waals surface area contributed by atoms with Crippen molar-refractivity contribution < 1.29 is 14.7 Å². The molecule has 0 aliphatic carbocycles. The number of pyridine rings is 1. The first-order chi connectivity index (χ1) is 18.0. The minimum atomic E-state index is -1.03. The number of nitrogens with zero attached hydrogens (tertiary/aromatic N) is 1. The predicted octanol–water partition coefficient (Wildman–Crippen LogP) is 4.21. The summed E-state index contributed by atoms with van der Waals surface area (Å²) in [5.74, 6) is -1.46. The second-order valence-corrected chi connectivity index (χ2v) is 9.94. The average molecular weight is 533 g/mol. The topological polar surface area (TPSA) is 137 Å². The van der Waals surface area contributed by atoms with Gasteiger partial charge in [0, 0.05) is 22.2 Å². The third-order valence-corrected chi connectivity index (χ3v) is 6.37. The Bertz CT molecular complexity index is 1540. The van der Waals surface area contributed by atoms with Gasteiger partial charge >= 0.3 is 5.97 Å². The summed E-state index contributed by atoms with van der Waals surface area (Å²) in [7, 11) is 0. The number of nitrogens with one attached hydrogen (secondary N) is 3. The molecule has 4 rings (SSSR count). The van der Waals surface area contributed by atoms with Crippen LogP contribution in [-0.2, 0) is 6.42 Å². The maximum Gasteiger partial charge on any atom is 0.335 e. The van der Waals surface area contributed by atoms with Gasteiger partial charge in [0.2, 0.25) is 0 Å². The molecule has 0 saturated carbocycles. The summed E-state index contributed by atoms with van der Waals surface area (Å²) in [6.45, 7) is 3.77. The maximum absolute atomic E-state index is 13.2. The van der Waals surface area contributed by atoms with E-state index in [1.807, 2.05) is 13.8 Å². The monoisotopic (exact) mass is 532 g/mol. The van der Waals surface area contributed by atoms with Crippen molar-refractivity contribution in [1.82, 2.24) is 10.3 Å². The summed E-state index contributed by atoms with van der Waals surface area (Å²) in [5.41, 5.74) is -0.156. The van der Waals surface area contributed by atoms with Gasteiger partial charge in [-0.15, -0.1) is 0 Å². The number of aromatic nitrogens is 1. The Morgan fingerprint density at radius 1 is 0.974 bits per heavy atom. The first-order valence-electron chi connectivity index (χ1n) is 11.7. The number of amides is 1. The number of carbonyl (C=O) groups is 2. The molecule has 0 aliphatic heterocycles. The van der Waals surface area contributed by atoms with Crippen LogP contribution in [0.1, 0.15) is 40.1 Å². The van der Waals surface area contributed by atoms with Gasteiger partial charge in [-0.1, -0.05) is 43.6 Å². The smallest absolute Gasteiger partial charge is 0.335 e. The Labute approximate surface area is 223 Å². The van der Waals surface area contributed by atoms with Crippen LogP contribution in [0.25, 0.3) is 0 Å². The molecule has 0 aliphatic rings. The number of halogens is 1. The van der Waals surface area contributed by atoms with Gasteiger partial charge in [0.05, 0.1) is 17.4 Å². The van der Waals surface area contributed by atoms with E-state index in [0.29, 0.717) is 22.7 Å². The van der Waals surface area contributed by atoms with E-state index in [0.717, 1.165) is 5.56 Å². The van der Waals surface area contributed by atoms with E-state index in [4.69, 9.17) is 11.6 Å². The fourth-order valence-electron chi connectivity index (χ4n) is 4.04. The van der Waals surface area contributed by atoms with Gasteiger partial charge < -0.3 is 21.1 Å². The van der Waals surface area contributed by atoms with Gasteiger partial charge in [-0.2, -0.15) is 0 Å². The Balaban J connectivity index is 1.64. The number of anilines is 3. The minimum absolute atomic E-state index is 0.0459. The standard InChI is InChI=1S/C28H25ClN4O5/c1-28(2,14-16-8-10-17(11-9-16)26(37)38)27(33-25(36)18-5-3-6-19(29)13-18)32-22-21(23(34)24(22)35)31-20-7-4-12-30-15-20/h3-13,15,27,31-32H,14H2,1-2H3,(H,33,36)(H,37,38). The SMILES string of the molecule is CC(C)(Cc1ccc(C(=O)O)cc1)C(NC(=O)c1cccc(Cl)c1)Nc1c(Nc2cccnc2)c(=O)c1=O. The number of carbonyl (C=O) groups excluding carboxylic acids is 1. The van der Waals surface area contributed by atoms with Crippen LogP contribution >= 0.6 is 11.6 Å². The summed E-state index contributed by atoms with van der Waals surface area (Å²) in [4.78, 5) is 53.4. The summed E-state index contributed by atoms with van der Waals surface area (Å²) >= 11 is 6.06. The Hall–Kier alpha value is -4.50. The number of rotatable bonds is 10. The number of carboxylic acids is 1. The van der Waals surface area contributed by atoms with Gasteiger partial charge in [0.25, 0.3) is 16.8 Å². The molecule has 1 unspecified atom stereocenters. The van der Waals surface area contributed by atoms with E-state index >= 15 is 0 Å². The normalized spacial score (nSPS) is 12.1. The zero-order valence-electron chi connectivity index (χ0n) is 20.6. The lowest BCUT2D eigenvalue weighted by molar-refractivity contribution is 0.0696. The zero-order valence-corrected chi connectivity index (χ0v) is 21.4. The molecule has 3 aromatic carbocycles. The number of hydrogen-bond acceptors (Lipinski definition) is 7. The molecule has 9 nitrogen and oxygen atoms in total. The lowest BCUT2D eigenvalue weighted by Crippen LogP contribution is -2.53. The molecule has 0 fully saturated rings. The first-order valence-corrected chi connectivity index (χ1v) is 12.1. The molecule has 1 aromatic heterocycles. The van der Waals surface area contributed by atoms with Gasteiger partial charge in [-0.25, -0.2) is 4.79 Å². The molecule has 10 heteroatoms. The molecule has 1 amide bonds. The van der Waals surface area contributed by atoms with Crippen molar-refractivity contribution in [3.8, 4) is 0 Å². The highest BCUT2D eigenvalue weighted by Crippen LogP contribution is 2.30. The lowest BCUT2D eigenvalue weighted by Gasteiger charge is -2.37. The van der Waals surface area contributed by atoms with Crippen LogP contribution in [0.2, 0.25) is 5.02 Å². The van der Waals surface area contributed by atoms with Crippen molar-refractivity contribution in [1.29, 1.82) is 0 Å². The van der Waals surface area contributed by atoms with E-state index in [1.165, 1.54) is 24.4 Å². The second-order valence-electron chi connectivity index (χ2n) is 9.50. The van der Waals surface area contributed by atoms with Crippen molar-refractivity contribution in [2.24, 2.45) is 5.41 Å². The molecule has 0 bridgehead atoms. The van der Waals surface area contributed by atoms with Crippen LogP contribution < -0.4 is 26.8 Å². The number of aromatic carboxylic acids is 1. The lowest BCUT2D eigenvalue weighted by atomic mass is 9.81. The number of benzene rings is 2. The van der Waals surface area contributed by atoms with E-state index in [1.54, 1.807) is 48.7 Å². The van der Waals surface area contributed by atoms with E-state index in [2.05, 4.69) is 20.9 Å². The summed E-state index contributed by atoms with van der Waals surface area (Å²) in [6, 6.07) is 16.3. The van der Waals surface area contributed by atoms with Gasteiger partial charge in [-0.05, 0) is 54.4 Å². The van der Waals surface area contributed by atoms with Gasteiger partial charge in [0.1, 0.15) is 17.5 Å². The third kappa shape index (κ3) is 5.90. The molecule has 0 saturated heterocycles. The minimum Gasteiger partial charge on any atom is -0.478 e. The van der Waals surface area contributed by atoms with Crippen LogP contribution in [0.3, 0.4) is 0 Å². The Kier molecular flexibility index (Phi) is 7.59. The quantitative estimate of drug-likeness (QED) is 0.176. The van der Waals surface area contributed by atoms with Crippen LogP contribution in [0, 0.1) is 5.41 Å². The fourth-order valence-corrected chi connectivity index (χ4v) is 4.23. The molecular weight excluding hydrogens is 508 g/mol. The molecule has 38 heavy (non-hydrogen) atoms. The molecule has 1 atom stereocenters.